The Bertz CT molecular complexity index is 487. The molecular weight excluding hydrogens is 308 g/mol. The summed E-state index contributed by atoms with van der Waals surface area (Å²) in [6.07, 6.45) is 3.06. The molecule has 0 spiro atoms. The molecule has 1 unspecified atom stereocenters. The zero-order valence-corrected chi connectivity index (χ0v) is 13.3. The zero-order chi connectivity index (χ0) is 15.1. The molecule has 1 aromatic rings. The lowest BCUT2D eigenvalue weighted by atomic mass is 10.0. The van der Waals surface area contributed by atoms with Crippen molar-refractivity contribution in [1.29, 1.82) is 0 Å². The van der Waals surface area contributed by atoms with Crippen molar-refractivity contribution in [3.05, 3.63) is 24.3 Å². The number of halogens is 1. The largest absolute Gasteiger partial charge is 0.482 e. The Labute approximate surface area is 136 Å². The number of benzene rings is 1. The van der Waals surface area contributed by atoms with Crippen LogP contribution in [0.5, 0.6) is 5.75 Å². The van der Waals surface area contributed by atoms with Gasteiger partial charge in [-0.25, -0.2) is 4.79 Å². The van der Waals surface area contributed by atoms with Crippen LogP contribution in [0.25, 0.3) is 0 Å². The second-order valence-electron chi connectivity index (χ2n) is 4.88. The maximum atomic E-state index is 12.0. The summed E-state index contributed by atoms with van der Waals surface area (Å²) in [6, 6.07) is 6.77. The van der Waals surface area contributed by atoms with E-state index >= 15 is 0 Å². The van der Waals surface area contributed by atoms with E-state index < -0.39 is 5.97 Å². The second-order valence-corrected chi connectivity index (χ2v) is 4.88. The third kappa shape index (κ3) is 5.54. The summed E-state index contributed by atoms with van der Waals surface area (Å²) in [5, 5.41) is 6.07. The highest BCUT2D eigenvalue weighted by molar-refractivity contribution is 5.94. The lowest BCUT2D eigenvalue weighted by Gasteiger charge is -2.22. The molecule has 0 aliphatic carbocycles. The number of carbonyl (C=O) groups is 2. The summed E-state index contributed by atoms with van der Waals surface area (Å²) in [5.74, 6) is 0.0999. The van der Waals surface area contributed by atoms with Gasteiger partial charge in [-0.05, 0) is 43.7 Å². The lowest BCUT2D eigenvalue weighted by Crippen LogP contribution is -2.43. The molecule has 1 fully saturated rings. The van der Waals surface area contributed by atoms with Crippen molar-refractivity contribution >= 4 is 30.0 Å². The van der Waals surface area contributed by atoms with Crippen LogP contribution in [0.2, 0.25) is 0 Å². The Morgan fingerprint density at radius 3 is 2.59 bits per heavy atom. The van der Waals surface area contributed by atoms with Crippen molar-refractivity contribution in [2.24, 2.45) is 0 Å². The fourth-order valence-electron chi connectivity index (χ4n) is 2.14. The minimum absolute atomic E-state index is 0. The topological polar surface area (TPSA) is 76.7 Å². The average molecular weight is 329 g/mol. The first kappa shape index (κ1) is 18.3. The number of methoxy groups -OCH3 is 1. The molecule has 1 aliphatic heterocycles. The van der Waals surface area contributed by atoms with E-state index in [1.165, 1.54) is 7.11 Å². The van der Waals surface area contributed by atoms with E-state index in [-0.39, 0.29) is 31.0 Å². The second kappa shape index (κ2) is 9.27. The van der Waals surface area contributed by atoms with Crippen LogP contribution in [0.4, 0.5) is 5.69 Å². The normalized spacial score (nSPS) is 17.0. The Morgan fingerprint density at radius 1 is 1.27 bits per heavy atom. The van der Waals surface area contributed by atoms with Crippen LogP contribution >= 0.6 is 12.4 Å². The summed E-state index contributed by atoms with van der Waals surface area (Å²) in [6.45, 7) is 0.757. The van der Waals surface area contributed by atoms with Gasteiger partial charge in [0.15, 0.2) is 6.61 Å². The van der Waals surface area contributed by atoms with Crippen LogP contribution in [0, 0.1) is 0 Å². The standard InChI is InChI=1S/C15H20N2O4.ClH/c1-20-14(18)10-21-12-7-5-11(6-8-12)17-15(19)13-4-2-3-9-16-13;/h5-8,13,16H,2-4,9-10H2,1H3,(H,17,19);1H. The van der Waals surface area contributed by atoms with Gasteiger partial charge in [0.1, 0.15) is 5.75 Å². The molecule has 1 saturated heterocycles. The number of amides is 1. The molecular formula is C15H21ClN2O4. The summed E-state index contributed by atoms with van der Waals surface area (Å²) in [5.41, 5.74) is 0.706. The van der Waals surface area contributed by atoms with Gasteiger partial charge in [0.05, 0.1) is 13.2 Å². The van der Waals surface area contributed by atoms with Crippen molar-refractivity contribution in [1.82, 2.24) is 5.32 Å². The Hall–Kier alpha value is -1.79. The highest BCUT2D eigenvalue weighted by atomic mass is 35.5. The molecule has 1 atom stereocenters. The van der Waals surface area contributed by atoms with Crippen LogP contribution in [0.3, 0.4) is 0 Å². The Kier molecular flexibility index (Phi) is 7.70. The maximum Gasteiger partial charge on any atom is 0.343 e. The van der Waals surface area contributed by atoms with Gasteiger partial charge in [0, 0.05) is 5.69 Å². The van der Waals surface area contributed by atoms with E-state index in [1.807, 2.05) is 0 Å². The van der Waals surface area contributed by atoms with Gasteiger partial charge in [-0.2, -0.15) is 0 Å². The number of carbonyl (C=O) groups excluding carboxylic acids is 2. The molecule has 2 rings (SSSR count). The van der Waals surface area contributed by atoms with E-state index in [4.69, 9.17) is 4.74 Å². The first-order chi connectivity index (χ1) is 10.2. The molecule has 1 heterocycles. The number of piperidine rings is 1. The molecule has 1 aromatic carbocycles. The Balaban J connectivity index is 0.00000242. The molecule has 1 aliphatic rings. The summed E-state index contributed by atoms with van der Waals surface area (Å²) in [7, 11) is 1.31. The zero-order valence-electron chi connectivity index (χ0n) is 12.5. The summed E-state index contributed by atoms with van der Waals surface area (Å²) in [4.78, 5) is 23.0. The number of ether oxygens (including phenoxy) is 2. The molecule has 2 N–H and O–H groups in total. The molecule has 0 radical (unpaired) electrons. The molecule has 122 valence electrons. The SMILES string of the molecule is COC(=O)COc1ccc(NC(=O)C2CCCCN2)cc1.Cl. The van der Waals surface area contributed by atoms with E-state index in [9.17, 15) is 9.59 Å². The molecule has 7 heteroatoms. The van der Waals surface area contributed by atoms with Gasteiger partial charge in [-0.3, -0.25) is 4.79 Å². The van der Waals surface area contributed by atoms with Crippen LogP contribution in [-0.2, 0) is 14.3 Å². The van der Waals surface area contributed by atoms with Crippen LogP contribution in [0.1, 0.15) is 19.3 Å². The van der Waals surface area contributed by atoms with Crippen molar-refractivity contribution in [2.75, 3.05) is 25.6 Å². The Morgan fingerprint density at radius 2 is 2.00 bits per heavy atom. The molecule has 0 aromatic heterocycles. The quantitative estimate of drug-likeness (QED) is 0.805. The van der Waals surface area contributed by atoms with Crippen LogP contribution in [-0.4, -0.2) is 38.2 Å². The summed E-state index contributed by atoms with van der Waals surface area (Å²) >= 11 is 0. The van der Waals surface area contributed by atoms with Crippen LogP contribution in [0.15, 0.2) is 24.3 Å². The van der Waals surface area contributed by atoms with Crippen LogP contribution < -0.4 is 15.4 Å². The number of hydrogen-bond acceptors (Lipinski definition) is 5. The van der Waals surface area contributed by atoms with E-state index in [0.29, 0.717) is 11.4 Å². The van der Waals surface area contributed by atoms with Gasteiger partial charge in [-0.1, -0.05) is 6.42 Å². The number of hydrogen-bond donors (Lipinski definition) is 2. The van der Waals surface area contributed by atoms with E-state index in [0.717, 1.165) is 25.8 Å². The van der Waals surface area contributed by atoms with E-state index in [2.05, 4.69) is 15.4 Å². The van der Waals surface area contributed by atoms with Gasteiger partial charge in [0.25, 0.3) is 0 Å². The summed E-state index contributed by atoms with van der Waals surface area (Å²) < 4.78 is 9.72. The fraction of sp³-hybridized carbons (Fsp3) is 0.467. The number of esters is 1. The third-order valence-electron chi connectivity index (χ3n) is 3.33. The first-order valence-electron chi connectivity index (χ1n) is 7.03. The fourth-order valence-corrected chi connectivity index (χ4v) is 2.14. The smallest absolute Gasteiger partial charge is 0.343 e. The maximum absolute atomic E-state index is 12.0. The highest BCUT2D eigenvalue weighted by Gasteiger charge is 2.20. The van der Waals surface area contributed by atoms with Crippen molar-refractivity contribution in [3.63, 3.8) is 0 Å². The van der Waals surface area contributed by atoms with Gasteiger partial charge in [-0.15, -0.1) is 12.4 Å². The van der Waals surface area contributed by atoms with Gasteiger partial charge < -0.3 is 20.1 Å². The first-order valence-corrected chi connectivity index (χ1v) is 7.03. The minimum Gasteiger partial charge on any atom is -0.482 e. The minimum atomic E-state index is -0.434. The number of anilines is 1. The highest BCUT2D eigenvalue weighted by Crippen LogP contribution is 2.17. The molecule has 6 nitrogen and oxygen atoms in total. The third-order valence-corrected chi connectivity index (χ3v) is 3.33. The van der Waals surface area contributed by atoms with Crippen molar-refractivity contribution in [2.45, 2.75) is 25.3 Å². The predicted molar refractivity (Wildman–Crippen MR) is 85.5 cm³/mol. The lowest BCUT2D eigenvalue weighted by molar-refractivity contribution is -0.142. The number of rotatable bonds is 5. The van der Waals surface area contributed by atoms with Crippen molar-refractivity contribution < 1.29 is 19.1 Å². The van der Waals surface area contributed by atoms with Gasteiger partial charge in [0.2, 0.25) is 5.91 Å². The average Bonchev–Trinajstić information content (AvgIpc) is 2.54. The van der Waals surface area contributed by atoms with Gasteiger partial charge >= 0.3 is 5.97 Å². The molecule has 0 bridgehead atoms. The number of nitrogens with one attached hydrogen (secondary N) is 2. The predicted octanol–water partition coefficient (Wildman–Crippen LogP) is 1.74. The molecule has 1 amide bonds. The molecule has 22 heavy (non-hydrogen) atoms. The van der Waals surface area contributed by atoms with E-state index in [1.54, 1.807) is 24.3 Å². The van der Waals surface area contributed by atoms with Crippen molar-refractivity contribution in [3.8, 4) is 5.75 Å². The monoisotopic (exact) mass is 328 g/mol. The molecule has 0 saturated carbocycles.